The molecule has 0 radical (unpaired) electrons. The number of nitrogens with two attached hydrogens (primary N) is 1. The van der Waals surface area contributed by atoms with E-state index in [0.717, 1.165) is 75.1 Å². The minimum absolute atomic E-state index is 0.357. The van der Waals surface area contributed by atoms with Crippen molar-refractivity contribution in [1.29, 1.82) is 0 Å². The second-order valence-corrected chi connectivity index (χ2v) is 13.0. The molecule has 4 aromatic rings. The Labute approximate surface area is 236 Å². The predicted octanol–water partition coefficient (Wildman–Crippen LogP) is 6.79. The topological polar surface area (TPSA) is 70.3 Å². The van der Waals surface area contributed by atoms with Crippen molar-refractivity contribution in [2.75, 3.05) is 36.0 Å². The molecule has 0 aliphatic carbocycles. The number of nitrogens with one attached hydrogen (secondary N) is 1. The third kappa shape index (κ3) is 6.85. The second-order valence-electron chi connectivity index (χ2n) is 10.1. The Bertz CT molecular complexity index is 1320. The van der Waals surface area contributed by atoms with Crippen LogP contribution >= 0.6 is 45.9 Å². The standard InChI is InChI=1S/C15H20ClN3S.C12H14ClN3S/c1-10(2)17-12-5-7-19(8-6-12)15-18-13-4-3-11(16)9-14(13)20-15;13-8-1-2-10-11(7-8)17-12(15-10)16-5-3-9(14)4-6-16/h3-4,9-10,12,17H,5-8H2,1-2H3;1-2,7,9H,3-6,14H2. The van der Waals surface area contributed by atoms with Crippen LogP contribution in [-0.2, 0) is 0 Å². The summed E-state index contributed by atoms with van der Waals surface area (Å²) in [6.07, 6.45) is 4.48. The third-order valence-electron chi connectivity index (χ3n) is 6.82. The Morgan fingerprint density at radius 3 is 1.73 bits per heavy atom. The molecule has 2 aromatic heterocycles. The molecule has 2 saturated heterocycles. The number of piperidine rings is 2. The van der Waals surface area contributed by atoms with Gasteiger partial charge < -0.3 is 20.9 Å². The lowest BCUT2D eigenvalue weighted by Crippen LogP contribution is -2.44. The third-order valence-corrected chi connectivity index (χ3v) is 9.45. The fourth-order valence-electron chi connectivity index (χ4n) is 4.84. The summed E-state index contributed by atoms with van der Waals surface area (Å²) in [5, 5.41) is 7.40. The highest BCUT2D eigenvalue weighted by Gasteiger charge is 2.22. The lowest BCUT2D eigenvalue weighted by molar-refractivity contribution is 0.387. The molecule has 3 N–H and O–H groups in total. The van der Waals surface area contributed by atoms with Crippen molar-refractivity contribution in [2.24, 2.45) is 5.73 Å². The molecule has 0 atom stereocenters. The second kappa shape index (κ2) is 12.0. The highest BCUT2D eigenvalue weighted by atomic mass is 35.5. The van der Waals surface area contributed by atoms with Crippen LogP contribution in [0.1, 0.15) is 39.5 Å². The van der Waals surface area contributed by atoms with Crippen molar-refractivity contribution >= 4 is 76.6 Å². The van der Waals surface area contributed by atoms with E-state index in [1.807, 2.05) is 36.4 Å². The number of nitrogens with zero attached hydrogens (tertiary/aromatic N) is 4. The zero-order chi connectivity index (χ0) is 25.9. The van der Waals surface area contributed by atoms with Crippen LogP contribution in [0.2, 0.25) is 10.0 Å². The summed E-state index contributed by atoms with van der Waals surface area (Å²) >= 11 is 15.5. The summed E-state index contributed by atoms with van der Waals surface area (Å²) in [7, 11) is 0. The summed E-state index contributed by atoms with van der Waals surface area (Å²) in [4.78, 5) is 14.1. The molecule has 10 heteroatoms. The normalized spacial score (nSPS) is 17.6. The Kier molecular flexibility index (Phi) is 8.74. The van der Waals surface area contributed by atoms with Crippen LogP contribution < -0.4 is 20.9 Å². The monoisotopic (exact) mass is 576 g/mol. The van der Waals surface area contributed by atoms with E-state index >= 15 is 0 Å². The Hall–Kier alpha value is -1.68. The number of halogens is 2. The number of benzene rings is 2. The van der Waals surface area contributed by atoms with Crippen molar-refractivity contribution in [1.82, 2.24) is 15.3 Å². The minimum Gasteiger partial charge on any atom is -0.348 e. The van der Waals surface area contributed by atoms with Gasteiger partial charge in [0.25, 0.3) is 0 Å². The van der Waals surface area contributed by atoms with Gasteiger partial charge in [-0.3, -0.25) is 0 Å². The van der Waals surface area contributed by atoms with Gasteiger partial charge in [0.05, 0.1) is 20.4 Å². The number of thiazole rings is 2. The van der Waals surface area contributed by atoms with Crippen molar-refractivity contribution in [3.05, 3.63) is 46.4 Å². The molecule has 0 spiro atoms. The molecule has 6 rings (SSSR count). The summed E-state index contributed by atoms with van der Waals surface area (Å²) in [5.41, 5.74) is 7.99. The van der Waals surface area contributed by atoms with Gasteiger partial charge >= 0.3 is 0 Å². The minimum atomic E-state index is 0.357. The smallest absolute Gasteiger partial charge is 0.186 e. The molecular weight excluding hydrogens is 543 g/mol. The Morgan fingerprint density at radius 1 is 0.811 bits per heavy atom. The molecule has 4 heterocycles. The van der Waals surface area contributed by atoms with Gasteiger partial charge in [-0.25, -0.2) is 9.97 Å². The lowest BCUT2D eigenvalue weighted by Gasteiger charge is -2.33. The summed E-state index contributed by atoms with van der Waals surface area (Å²) in [6.45, 7) is 8.60. The quantitative estimate of drug-likeness (QED) is 0.278. The molecule has 198 valence electrons. The molecule has 0 amide bonds. The maximum Gasteiger partial charge on any atom is 0.186 e. The van der Waals surface area contributed by atoms with Gasteiger partial charge in [0, 0.05) is 54.3 Å². The molecule has 0 unspecified atom stereocenters. The lowest BCUT2D eigenvalue weighted by atomic mass is 10.0. The first kappa shape index (κ1) is 26.9. The number of rotatable bonds is 4. The first-order chi connectivity index (χ1) is 17.8. The van der Waals surface area contributed by atoms with Gasteiger partial charge in [0.15, 0.2) is 10.3 Å². The largest absolute Gasteiger partial charge is 0.348 e. The number of hydrogen-bond donors (Lipinski definition) is 2. The van der Waals surface area contributed by atoms with Crippen LogP contribution in [-0.4, -0.2) is 54.3 Å². The zero-order valence-corrected chi connectivity index (χ0v) is 24.4. The predicted molar refractivity (Wildman–Crippen MR) is 162 cm³/mol. The SMILES string of the molecule is CC(C)NC1CCN(c2nc3ccc(Cl)cc3s2)CC1.NC1CCN(c2nc3ccc(Cl)cc3s2)CC1. The van der Waals surface area contributed by atoms with E-state index in [1.165, 1.54) is 17.5 Å². The van der Waals surface area contributed by atoms with Crippen LogP contribution in [0.4, 0.5) is 10.3 Å². The number of anilines is 2. The van der Waals surface area contributed by atoms with Gasteiger partial charge in [-0.1, -0.05) is 59.7 Å². The van der Waals surface area contributed by atoms with Crippen molar-refractivity contribution < 1.29 is 0 Å². The van der Waals surface area contributed by atoms with Crippen LogP contribution in [0.15, 0.2) is 36.4 Å². The molecule has 0 bridgehead atoms. The highest BCUT2D eigenvalue weighted by Crippen LogP contribution is 2.33. The first-order valence-corrected chi connectivity index (χ1v) is 15.4. The van der Waals surface area contributed by atoms with Crippen LogP contribution in [0.25, 0.3) is 20.4 Å². The molecule has 2 fully saturated rings. The van der Waals surface area contributed by atoms with E-state index in [4.69, 9.17) is 33.9 Å². The molecule has 2 aliphatic heterocycles. The maximum absolute atomic E-state index is 6.04. The fourth-order valence-corrected chi connectivity index (χ4v) is 7.43. The van der Waals surface area contributed by atoms with Crippen LogP contribution in [0.5, 0.6) is 0 Å². The van der Waals surface area contributed by atoms with Gasteiger partial charge in [0.1, 0.15) is 0 Å². The molecular formula is C27H34Cl2N6S2. The average Bonchev–Trinajstić information content (AvgIpc) is 3.48. The van der Waals surface area contributed by atoms with Crippen LogP contribution in [0.3, 0.4) is 0 Å². The number of aromatic nitrogens is 2. The van der Waals surface area contributed by atoms with Crippen LogP contribution in [0, 0.1) is 0 Å². The first-order valence-electron chi connectivity index (χ1n) is 13.0. The van der Waals surface area contributed by atoms with Gasteiger partial charge in [-0.05, 0) is 62.1 Å². The average molecular weight is 578 g/mol. The molecule has 2 aromatic carbocycles. The van der Waals surface area contributed by atoms with Gasteiger partial charge in [0.2, 0.25) is 0 Å². The van der Waals surface area contributed by atoms with E-state index in [9.17, 15) is 0 Å². The molecule has 37 heavy (non-hydrogen) atoms. The summed E-state index contributed by atoms with van der Waals surface area (Å²) in [5.74, 6) is 0. The van der Waals surface area contributed by atoms with Gasteiger partial charge in [-0.15, -0.1) is 0 Å². The zero-order valence-electron chi connectivity index (χ0n) is 21.3. The van der Waals surface area contributed by atoms with Crippen molar-refractivity contribution in [2.45, 2.75) is 57.7 Å². The number of fused-ring (bicyclic) bond motifs is 2. The summed E-state index contributed by atoms with van der Waals surface area (Å²) < 4.78 is 2.33. The highest BCUT2D eigenvalue weighted by molar-refractivity contribution is 7.22. The number of hydrogen-bond acceptors (Lipinski definition) is 8. The van der Waals surface area contributed by atoms with E-state index in [2.05, 4.69) is 33.9 Å². The van der Waals surface area contributed by atoms with Gasteiger partial charge in [-0.2, -0.15) is 0 Å². The Balaban J connectivity index is 0.000000153. The van der Waals surface area contributed by atoms with E-state index in [-0.39, 0.29) is 0 Å². The van der Waals surface area contributed by atoms with Crippen molar-refractivity contribution in [3.8, 4) is 0 Å². The molecule has 2 aliphatic rings. The van der Waals surface area contributed by atoms with Crippen molar-refractivity contribution in [3.63, 3.8) is 0 Å². The Morgan fingerprint density at radius 2 is 1.27 bits per heavy atom. The molecule has 6 nitrogen and oxygen atoms in total. The van der Waals surface area contributed by atoms with E-state index in [0.29, 0.717) is 18.1 Å². The van der Waals surface area contributed by atoms with E-state index < -0.39 is 0 Å². The molecule has 0 saturated carbocycles. The fraction of sp³-hybridized carbons (Fsp3) is 0.481. The summed E-state index contributed by atoms with van der Waals surface area (Å²) in [6, 6.07) is 13.3. The van der Waals surface area contributed by atoms with E-state index in [1.54, 1.807) is 22.7 Å². The maximum atomic E-state index is 6.04.